The lowest BCUT2D eigenvalue weighted by Gasteiger charge is -2.25. The molecule has 2 heterocycles. The number of esters is 1. The predicted octanol–water partition coefficient (Wildman–Crippen LogP) is 3.25. The minimum absolute atomic E-state index is 0.229. The van der Waals surface area contributed by atoms with Crippen LogP contribution in [-0.2, 0) is 23.4 Å². The van der Waals surface area contributed by atoms with Gasteiger partial charge < -0.3 is 19.1 Å². The van der Waals surface area contributed by atoms with Crippen molar-refractivity contribution in [3.8, 4) is 5.75 Å². The van der Waals surface area contributed by atoms with E-state index < -0.39 is 54.9 Å². The van der Waals surface area contributed by atoms with Crippen LogP contribution in [-0.4, -0.2) is 52.1 Å². The zero-order valence-corrected chi connectivity index (χ0v) is 23.8. The smallest absolute Gasteiger partial charge is 0.459 e. The van der Waals surface area contributed by atoms with Crippen molar-refractivity contribution in [1.29, 1.82) is 0 Å². The highest BCUT2D eigenvalue weighted by Crippen LogP contribution is 2.62. The lowest BCUT2D eigenvalue weighted by molar-refractivity contribution is -0.145. The van der Waals surface area contributed by atoms with E-state index >= 15 is 0 Å². The normalized spacial score (nSPS) is 23.2. The Hall–Kier alpha value is -3.28. The van der Waals surface area contributed by atoms with Gasteiger partial charge >= 0.3 is 19.4 Å². The maximum Gasteiger partial charge on any atom is 0.459 e. The van der Waals surface area contributed by atoms with Gasteiger partial charge in [0.2, 0.25) is 0 Å². The summed E-state index contributed by atoms with van der Waals surface area (Å²) in [6, 6.07) is 12.8. The highest BCUT2D eigenvalue weighted by molar-refractivity contribution is 7.52. The molecule has 2 aliphatic rings. The molecule has 3 aromatic rings. The zero-order chi connectivity index (χ0) is 29.2. The van der Waals surface area contributed by atoms with Crippen LogP contribution in [0.5, 0.6) is 5.75 Å². The Labute approximate surface area is 236 Å². The Morgan fingerprint density at radius 3 is 2.71 bits per heavy atom. The summed E-state index contributed by atoms with van der Waals surface area (Å²) in [5.41, 5.74) is -1.96. The number of nitrogens with zero attached hydrogens (tertiary/aromatic N) is 1. The van der Waals surface area contributed by atoms with Gasteiger partial charge in [0.15, 0.2) is 0 Å². The predicted molar refractivity (Wildman–Crippen MR) is 150 cm³/mol. The largest absolute Gasteiger partial charge is 0.465 e. The molecule has 3 N–H and O–H groups in total. The molecule has 12 nitrogen and oxygen atoms in total. The van der Waals surface area contributed by atoms with Gasteiger partial charge in [-0.3, -0.25) is 23.7 Å². The number of unbranched alkanes of at least 4 members (excludes halogenated alkanes) is 1. The van der Waals surface area contributed by atoms with E-state index in [-0.39, 0.29) is 19.0 Å². The van der Waals surface area contributed by atoms with E-state index in [4.69, 9.17) is 18.5 Å². The molecule has 5 rings (SSSR count). The third-order valence-electron chi connectivity index (χ3n) is 7.49. The molecule has 0 amide bonds. The van der Waals surface area contributed by atoms with Crippen molar-refractivity contribution in [2.45, 2.75) is 64.0 Å². The van der Waals surface area contributed by atoms with Crippen LogP contribution in [0.15, 0.2) is 64.3 Å². The molecule has 220 valence electrons. The Morgan fingerprint density at radius 2 is 1.98 bits per heavy atom. The van der Waals surface area contributed by atoms with E-state index in [1.54, 1.807) is 12.1 Å². The number of fused-ring (bicyclic) bond motifs is 1. The van der Waals surface area contributed by atoms with E-state index in [9.17, 15) is 24.1 Å². The Morgan fingerprint density at radius 1 is 1.22 bits per heavy atom. The summed E-state index contributed by atoms with van der Waals surface area (Å²) in [4.78, 5) is 38.8. The molecule has 2 fully saturated rings. The third-order valence-corrected chi connectivity index (χ3v) is 9.12. The van der Waals surface area contributed by atoms with Gasteiger partial charge in [-0.1, -0.05) is 49.7 Å². The molecular weight excluding hydrogens is 553 g/mol. The van der Waals surface area contributed by atoms with Gasteiger partial charge in [-0.05, 0) is 37.6 Å². The fourth-order valence-corrected chi connectivity index (χ4v) is 6.58. The lowest BCUT2D eigenvalue weighted by Crippen LogP contribution is -2.37. The summed E-state index contributed by atoms with van der Waals surface area (Å²) in [7, 11) is -4.26. The topological polar surface area (TPSA) is 158 Å². The summed E-state index contributed by atoms with van der Waals surface area (Å²) in [6.07, 6.45) is 1.16. The molecule has 1 spiro atoms. The van der Waals surface area contributed by atoms with Gasteiger partial charge in [0, 0.05) is 23.1 Å². The first-order valence-corrected chi connectivity index (χ1v) is 15.2. The number of hydrogen-bond donors (Lipinski definition) is 3. The number of rotatable bonds is 12. The van der Waals surface area contributed by atoms with Crippen molar-refractivity contribution < 1.29 is 33.0 Å². The van der Waals surface area contributed by atoms with Gasteiger partial charge in [-0.2, -0.15) is 5.09 Å². The van der Waals surface area contributed by atoms with Crippen LogP contribution in [0.2, 0.25) is 0 Å². The van der Waals surface area contributed by atoms with Crippen molar-refractivity contribution >= 4 is 24.5 Å². The average molecular weight is 588 g/mol. The summed E-state index contributed by atoms with van der Waals surface area (Å²) in [6.45, 7) is 3.32. The number of aliphatic hydroxyl groups is 1. The van der Waals surface area contributed by atoms with Gasteiger partial charge in [0.05, 0.1) is 19.3 Å². The molecular formula is C28H34N3O9P. The van der Waals surface area contributed by atoms with Crippen LogP contribution in [0, 0.1) is 5.41 Å². The summed E-state index contributed by atoms with van der Waals surface area (Å²) >= 11 is 0. The number of aromatic nitrogens is 2. The molecule has 1 saturated heterocycles. The molecule has 0 radical (unpaired) electrons. The molecule has 2 aromatic carbocycles. The number of nitrogens with one attached hydrogen (secondary N) is 2. The van der Waals surface area contributed by atoms with Crippen LogP contribution in [0.3, 0.4) is 0 Å². The number of H-pyrrole nitrogens is 1. The van der Waals surface area contributed by atoms with E-state index in [0.717, 1.165) is 11.8 Å². The molecule has 1 aliphatic carbocycles. The van der Waals surface area contributed by atoms with E-state index in [1.807, 2.05) is 37.3 Å². The minimum Gasteiger partial charge on any atom is -0.465 e. The number of benzene rings is 2. The van der Waals surface area contributed by atoms with Gasteiger partial charge in [-0.15, -0.1) is 0 Å². The molecule has 1 aliphatic heterocycles. The molecule has 13 heteroatoms. The van der Waals surface area contributed by atoms with Gasteiger partial charge in [0.25, 0.3) is 5.56 Å². The van der Waals surface area contributed by atoms with Crippen molar-refractivity contribution in [2.24, 2.45) is 5.41 Å². The molecule has 1 aromatic heterocycles. The maximum atomic E-state index is 14.2. The standard InChI is InChI=1S/C28H34N3O9P/c1-3-4-16-37-25(34)18(2)30-41(36,40-21-11-7-9-19-8-5-6-10-20(19)21)38-17-22-24(33)28(13-14-28)26(39-22)31-15-12-23(32)29-27(31)35/h5-12,15,18,22,24,26,33H,3-4,13-14,16-17H2,1-2H3,(H,30,36)(H,29,32,35)/t18-,22+,24+,26+,41?/m0/s1. The first-order chi connectivity index (χ1) is 19.7. The zero-order valence-electron chi connectivity index (χ0n) is 22.9. The maximum absolute atomic E-state index is 14.2. The summed E-state index contributed by atoms with van der Waals surface area (Å²) in [5, 5.41) is 15.4. The first-order valence-electron chi connectivity index (χ1n) is 13.7. The second-order valence-corrected chi connectivity index (χ2v) is 12.1. The fraction of sp³-hybridized carbons (Fsp3) is 0.464. The van der Waals surface area contributed by atoms with Crippen LogP contribution >= 0.6 is 7.75 Å². The molecule has 41 heavy (non-hydrogen) atoms. The number of aromatic amines is 1. The number of aliphatic hydroxyl groups excluding tert-OH is 1. The van der Waals surface area contributed by atoms with Crippen LogP contribution in [0.25, 0.3) is 10.8 Å². The second kappa shape index (κ2) is 11.9. The van der Waals surface area contributed by atoms with Gasteiger partial charge in [0.1, 0.15) is 24.1 Å². The fourth-order valence-electron chi connectivity index (χ4n) is 5.06. The Bertz CT molecular complexity index is 1560. The third kappa shape index (κ3) is 6.17. The highest BCUT2D eigenvalue weighted by atomic mass is 31.2. The van der Waals surface area contributed by atoms with E-state index in [0.29, 0.717) is 24.6 Å². The highest BCUT2D eigenvalue weighted by Gasteiger charge is 2.64. The van der Waals surface area contributed by atoms with E-state index in [2.05, 4.69) is 10.1 Å². The molecule has 1 saturated carbocycles. The minimum atomic E-state index is -4.26. The second-order valence-electron chi connectivity index (χ2n) is 10.5. The van der Waals surface area contributed by atoms with Crippen molar-refractivity contribution in [3.63, 3.8) is 0 Å². The summed E-state index contributed by atoms with van der Waals surface area (Å²) < 4.78 is 38.5. The van der Waals surface area contributed by atoms with Crippen LogP contribution in [0.1, 0.15) is 45.8 Å². The lowest BCUT2D eigenvalue weighted by atomic mass is 9.96. The Balaban J connectivity index is 1.37. The molecule has 5 atom stereocenters. The number of ether oxygens (including phenoxy) is 2. The number of carbonyl (C=O) groups is 1. The average Bonchev–Trinajstić information content (AvgIpc) is 3.70. The first kappa shape index (κ1) is 29.2. The summed E-state index contributed by atoms with van der Waals surface area (Å²) in [5.74, 6) is -0.343. The SMILES string of the molecule is CCCCOC(=O)[C@H](C)NP(=O)(OC[C@H]1O[C@@H](n2ccc(=O)[nH]c2=O)C2(CC2)[C@@H]1O)Oc1cccc2ccccc12. The van der Waals surface area contributed by atoms with Crippen molar-refractivity contribution in [2.75, 3.05) is 13.2 Å². The van der Waals surface area contributed by atoms with E-state index in [1.165, 1.54) is 23.8 Å². The molecule has 1 unspecified atom stereocenters. The van der Waals surface area contributed by atoms with Crippen molar-refractivity contribution in [1.82, 2.24) is 14.6 Å². The Kier molecular flexibility index (Phi) is 8.49. The number of carbonyl (C=O) groups excluding carboxylic acids is 1. The van der Waals surface area contributed by atoms with Crippen molar-refractivity contribution in [3.05, 3.63) is 75.6 Å². The van der Waals surface area contributed by atoms with Crippen LogP contribution in [0.4, 0.5) is 0 Å². The van der Waals surface area contributed by atoms with Gasteiger partial charge in [-0.25, -0.2) is 9.36 Å². The van der Waals surface area contributed by atoms with Crippen LogP contribution < -0.4 is 20.9 Å². The monoisotopic (exact) mass is 587 g/mol. The molecule has 0 bridgehead atoms. The number of hydrogen-bond acceptors (Lipinski definition) is 9. The quantitative estimate of drug-likeness (QED) is 0.163.